The average Bonchev–Trinajstić information content (AvgIpc) is 2.57. The predicted molar refractivity (Wildman–Crippen MR) is 98.7 cm³/mol. The van der Waals surface area contributed by atoms with Gasteiger partial charge in [-0.1, -0.05) is 27.7 Å². The summed E-state index contributed by atoms with van der Waals surface area (Å²) in [5.74, 6) is -0.276. The third-order valence-electron chi connectivity index (χ3n) is 2.81. The van der Waals surface area contributed by atoms with Gasteiger partial charge in [0.1, 0.15) is 5.69 Å². The maximum atomic E-state index is 12.3. The molecule has 1 aromatic carbocycles. The minimum Gasteiger partial charge on any atom is -0.433 e. The van der Waals surface area contributed by atoms with Gasteiger partial charge in [-0.25, -0.2) is 0 Å². The van der Waals surface area contributed by atoms with Crippen molar-refractivity contribution in [3.05, 3.63) is 22.2 Å². The maximum absolute atomic E-state index is 12.3. The standard InChI is InChI=1S/C12H18F2N4O3.2C2H6/c1-16(2)4-5-17(3)9-7-11(21-12(13)14)8(15)6-10(9)18(19)20;2*1-2/h6-7,12H,4-5,15H2,1-3H3;2*1-2H3. The van der Waals surface area contributed by atoms with Gasteiger partial charge in [0.25, 0.3) is 5.69 Å². The number of nitro benzene ring substituents is 1. The molecule has 0 amide bonds. The average molecular weight is 364 g/mol. The highest BCUT2D eigenvalue weighted by molar-refractivity contribution is 5.73. The van der Waals surface area contributed by atoms with Gasteiger partial charge in [0.15, 0.2) is 5.75 Å². The van der Waals surface area contributed by atoms with Crippen molar-refractivity contribution in [3.8, 4) is 5.75 Å². The van der Waals surface area contributed by atoms with Crippen LogP contribution in [0.3, 0.4) is 0 Å². The summed E-state index contributed by atoms with van der Waals surface area (Å²) in [4.78, 5) is 14.0. The fraction of sp³-hybridized carbons (Fsp3) is 0.625. The lowest BCUT2D eigenvalue weighted by Crippen LogP contribution is -2.29. The first kappa shape index (κ1) is 25.1. The number of ether oxygens (including phenoxy) is 1. The van der Waals surface area contributed by atoms with E-state index in [1.54, 1.807) is 11.9 Å². The molecule has 7 nitrogen and oxygen atoms in total. The van der Waals surface area contributed by atoms with E-state index in [0.717, 1.165) is 12.1 Å². The van der Waals surface area contributed by atoms with Gasteiger partial charge in [0.2, 0.25) is 0 Å². The number of alkyl halides is 2. The van der Waals surface area contributed by atoms with Crippen LogP contribution >= 0.6 is 0 Å². The Balaban J connectivity index is 0. The van der Waals surface area contributed by atoms with E-state index in [1.807, 2.05) is 46.7 Å². The van der Waals surface area contributed by atoms with Crippen LogP contribution in [0.25, 0.3) is 0 Å². The van der Waals surface area contributed by atoms with E-state index in [2.05, 4.69) is 4.74 Å². The van der Waals surface area contributed by atoms with Crippen LogP contribution in [0.1, 0.15) is 27.7 Å². The molecule has 1 aromatic rings. The van der Waals surface area contributed by atoms with Crippen LogP contribution in [0, 0.1) is 10.1 Å². The van der Waals surface area contributed by atoms with Crippen molar-refractivity contribution in [1.29, 1.82) is 0 Å². The summed E-state index contributed by atoms with van der Waals surface area (Å²) in [6.45, 7) is 6.07. The summed E-state index contributed by atoms with van der Waals surface area (Å²) in [6, 6.07) is 2.19. The van der Waals surface area contributed by atoms with Crippen LogP contribution in [-0.2, 0) is 0 Å². The molecule has 0 aliphatic carbocycles. The Kier molecular flexibility index (Phi) is 13.2. The Morgan fingerprint density at radius 3 is 2.08 bits per heavy atom. The zero-order chi connectivity index (χ0) is 20.2. The normalized spacial score (nSPS) is 9.72. The van der Waals surface area contributed by atoms with Crippen molar-refractivity contribution >= 4 is 17.1 Å². The van der Waals surface area contributed by atoms with Crippen LogP contribution in [0.2, 0.25) is 0 Å². The van der Waals surface area contributed by atoms with E-state index >= 15 is 0 Å². The Morgan fingerprint density at radius 1 is 1.16 bits per heavy atom. The van der Waals surface area contributed by atoms with Crippen LogP contribution < -0.4 is 15.4 Å². The molecule has 0 radical (unpaired) electrons. The second-order valence-corrected chi connectivity index (χ2v) is 4.74. The summed E-state index contributed by atoms with van der Waals surface area (Å²) >= 11 is 0. The fourth-order valence-electron chi connectivity index (χ4n) is 1.69. The highest BCUT2D eigenvalue weighted by atomic mass is 19.3. The third kappa shape index (κ3) is 9.04. The van der Waals surface area contributed by atoms with Crippen molar-refractivity contribution in [3.63, 3.8) is 0 Å². The fourth-order valence-corrected chi connectivity index (χ4v) is 1.69. The molecule has 0 saturated carbocycles. The molecule has 0 spiro atoms. The predicted octanol–water partition coefficient (Wildman–Crippen LogP) is 3.83. The topological polar surface area (TPSA) is 84.9 Å². The SMILES string of the molecule is CC.CC.CN(C)CCN(C)c1cc(OC(F)F)c(N)cc1[N+](=O)[O-]. The molecule has 0 fully saturated rings. The smallest absolute Gasteiger partial charge is 0.387 e. The summed E-state index contributed by atoms with van der Waals surface area (Å²) in [5, 5.41) is 11.1. The highest BCUT2D eigenvalue weighted by Crippen LogP contribution is 2.37. The Morgan fingerprint density at radius 2 is 1.68 bits per heavy atom. The molecule has 0 atom stereocenters. The van der Waals surface area contributed by atoms with Crippen LogP contribution in [0.4, 0.5) is 25.8 Å². The molecular formula is C16H30F2N4O3. The second kappa shape index (κ2) is 13.2. The number of nitrogens with two attached hydrogens (primary N) is 1. The summed E-state index contributed by atoms with van der Waals surface area (Å²) < 4.78 is 28.9. The lowest BCUT2D eigenvalue weighted by Gasteiger charge is -2.22. The Labute approximate surface area is 148 Å². The number of hydrogen-bond donors (Lipinski definition) is 1. The van der Waals surface area contributed by atoms with Gasteiger partial charge >= 0.3 is 6.61 Å². The molecule has 1 rings (SSSR count). The molecule has 9 heteroatoms. The zero-order valence-electron chi connectivity index (χ0n) is 16.0. The van der Waals surface area contributed by atoms with Gasteiger partial charge in [-0.05, 0) is 14.1 Å². The monoisotopic (exact) mass is 364 g/mol. The largest absolute Gasteiger partial charge is 0.433 e. The van der Waals surface area contributed by atoms with E-state index in [-0.39, 0.29) is 22.8 Å². The van der Waals surface area contributed by atoms with Crippen molar-refractivity contribution in [1.82, 2.24) is 4.90 Å². The first-order valence-corrected chi connectivity index (χ1v) is 8.11. The van der Waals surface area contributed by atoms with Gasteiger partial charge in [-0.2, -0.15) is 8.78 Å². The Hall–Kier alpha value is -2.16. The molecule has 0 saturated heterocycles. The number of halogens is 2. The van der Waals surface area contributed by atoms with E-state index in [4.69, 9.17) is 5.73 Å². The minimum atomic E-state index is -3.05. The first-order chi connectivity index (χ1) is 11.7. The molecule has 146 valence electrons. The van der Waals surface area contributed by atoms with E-state index < -0.39 is 11.5 Å². The van der Waals surface area contributed by atoms with E-state index in [9.17, 15) is 18.9 Å². The van der Waals surface area contributed by atoms with E-state index in [1.165, 1.54) is 0 Å². The third-order valence-corrected chi connectivity index (χ3v) is 2.81. The minimum absolute atomic E-state index is 0.173. The lowest BCUT2D eigenvalue weighted by atomic mass is 10.2. The molecule has 0 unspecified atom stereocenters. The van der Waals surface area contributed by atoms with Crippen LogP contribution in [-0.4, -0.2) is 50.7 Å². The number of benzene rings is 1. The molecule has 0 aromatic heterocycles. The van der Waals surface area contributed by atoms with Gasteiger partial charge in [0.05, 0.1) is 10.6 Å². The molecule has 0 aliphatic rings. The molecule has 0 aliphatic heterocycles. The van der Waals surface area contributed by atoms with Crippen molar-refractivity contribution in [2.45, 2.75) is 34.3 Å². The van der Waals surface area contributed by atoms with E-state index in [0.29, 0.717) is 13.1 Å². The second-order valence-electron chi connectivity index (χ2n) is 4.74. The molecule has 0 bridgehead atoms. The number of likely N-dealkylation sites (N-methyl/N-ethyl adjacent to an activating group) is 2. The number of nitrogen functional groups attached to an aromatic ring is 1. The van der Waals surface area contributed by atoms with Gasteiger partial charge in [0, 0.05) is 32.3 Å². The molecular weight excluding hydrogens is 334 g/mol. The van der Waals surface area contributed by atoms with Crippen LogP contribution in [0.15, 0.2) is 12.1 Å². The lowest BCUT2D eigenvalue weighted by molar-refractivity contribution is -0.384. The summed E-state index contributed by atoms with van der Waals surface area (Å²) in [7, 11) is 5.35. The first-order valence-electron chi connectivity index (χ1n) is 8.11. The number of rotatable bonds is 7. The maximum Gasteiger partial charge on any atom is 0.387 e. The van der Waals surface area contributed by atoms with Gasteiger partial charge < -0.3 is 20.3 Å². The van der Waals surface area contributed by atoms with Crippen molar-refractivity contribution < 1.29 is 18.4 Å². The highest BCUT2D eigenvalue weighted by Gasteiger charge is 2.22. The quantitative estimate of drug-likeness (QED) is 0.450. The Bertz CT molecular complexity index is 514. The summed E-state index contributed by atoms with van der Waals surface area (Å²) in [5.41, 5.74) is 5.23. The van der Waals surface area contributed by atoms with Crippen molar-refractivity contribution in [2.75, 3.05) is 44.9 Å². The van der Waals surface area contributed by atoms with Crippen molar-refractivity contribution in [2.24, 2.45) is 0 Å². The van der Waals surface area contributed by atoms with Gasteiger partial charge in [-0.15, -0.1) is 0 Å². The number of nitro groups is 1. The van der Waals surface area contributed by atoms with Gasteiger partial charge in [-0.3, -0.25) is 10.1 Å². The number of nitrogens with zero attached hydrogens (tertiary/aromatic N) is 3. The molecule has 2 N–H and O–H groups in total. The zero-order valence-corrected chi connectivity index (χ0v) is 16.0. The number of hydrogen-bond acceptors (Lipinski definition) is 6. The molecule has 25 heavy (non-hydrogen) atoms. The summed E-state index contributed by atoms with van der Waals surface area (Å²) in [6.07, 6.45) is 0. The van der Waals surface area contributed by atoms with Crippen LogP contribution in [0.5, 0.6) is 5.75 Å². The molecule has 0 heterocycles. The number of anilines is 2.